The standard InChI is InChI=1S/C27H28FN3O2/c28-23-8-6-22(7-9-23)26(32)14-15-27(33)29-24-10-12-25(13-11-24)31-18-16-30(17-19-31)20-21-4-2-1-3-5-21/h1-13H,14-20H2,(H,29,33). The van der Waals surface area contributed by atoms with Crippen LogP contribution in [0.1, 0.15) is 28.8 Å². The molecule has 5 nitrogen and oxygen atoms in total. The van der Waals surface area contributed by atoms with E-state index in [4.69, 9.17) is 0 Å². The summed E-state index contributed by atoms with van der Waals surface area (Å²) in [7, 11) is 0. The van der Waals surface area contributed by atoms with E-state index >= 15 is 0 Å². The Kier molecular flexibility index (Phi) is 7.47. The van der Waals surface area contributed by atoms with E-state index in [2.05, 4.69) is 39.4 Å². The summed E-state index contributed by atoms with van der Waals surface area (Å²) in [5.41, 5.74) is 3.60. The molecule has 1 aliphatic heterocycles. The number of nitrogens with one attached hydrogen (secondary N) is 1. The van der Waals surface area contributed by atoms with Gasteiger partial charge in [0.15, 0.2) is 5.78 Å². The Hall–Kier alpha value is -3.51. The number of carbonyl (C=O) groups is 2. The normalized spacial score (nSPS) is 14.2. The molecule has 0 radical (unpaired) electrons. The molecule has 1 amide bonds. The molecule has 1 saturated heterocycles. The highest BCUT2D eigenvalue weighted by atomic mass is 19.1. The quantitative estimate of drug-likeness (QED) is 0.509. The van der Waals surface area contributed by atoms with Gasteiger partial charge in [-0.05, 0) is 54.1 Å². The lowest BCUT2D eigenvalue weighted by atomic mass is 10.1. The summed E-state index contributed by atoms with van der Waals surface area (Å²) in [5, 5.41) is 2.84. The van der Waals surface area contributed by atoms with Gasteiger partial charge in [0.2, 0.25) is 5.91 Å². The van der Waals surface area contributed by atoms with E-state index in [1.165, 1.54) is 29.8 Å². The molecule has 0 unspecified atom stereocenters. The number of nitrogens with zero attached hydrogens (tertiary/aromatic N) is 2. The van der Waals surface area contributed by atoms with Crippen LogP contribution in [0.4, 0.5) is 15.8 Å². The van der Waals surface area contributed by atoms with Gasteiger partial charge >= 0.3 is 0 Å². The number of piperazine rings is 1. The molecule has 0 aliphatic carbocycles. The van der Waals surface area contributed by atoms with Crippen molar-refractivity contribution in [1.29, 1.82) is 0 Å². The Morgan fingerprint density at radius 2 is 1.45 bits per heavy atom. The molecule has 170 valence electrons. The zero-order chi connectivity index (χ0) is 23.0. The van der Waals surface area contributed by atoms with Crippen LogP contribution in [0.2, 0.25) is 0 Å². The minimum atomic E-state index is -0.387. The smallest absolute Gasteiger partial charge is 0.224 e. The third kappa shape index (κ3) is 6.49. The van der Waals surface area contributed by atoms with Gasteiger partial charge in [-0.1, -0.05) is 30.3 Å². The zero-order valence-corrected chi connectivity index (χ0v) is 18.5. The average Bonchev–Trinajstić information content (AvgIpc) is 2.85. The first-order chi connectivity index (χ1) is 16.1. The second-order valence-corrected chi connectivity index (χ2v) is 8.27. The lowest BCUT2D eigenvalue weighted by Crippen LogP contribution is -2.45. The Morgan fingerprint density at radius 3 is 2.12 bits per heavy atom. The Morgan fingerprint density at radius 1 is 0.788 bits per heavy atom. The number of rotatable bonds is 8. The molecule has 1 N–H and O–H groups in total. The number of ketones is 1. The first-order valence-corrected chi connectivity index (χ1v) is 11.3. The van der Waals surface area contributed by atoms with E-state index < -0.39 is 0 Å². The van der Waals surface area contributed by atoms with Crippen LogP contribution in [-0.4, -0.2) is 42.8 Å². The number of Topliss-reactive ketones (excluding diaryl/α,β-unsaturated/α-hetero) is 1. The van der Waals surface area contributed by atoms with Crippen molar-refractivity contribution < 1.29 is 14.0 Å². The molecule has 3 aromatic carbocycles. The van der Waals surface area contributed by atoms with E-state index in [-0.39, 0.29) is 30.3 Å². The summed E-state index contributed by atoms with van der Waals surface area (Å²) in [6.45, 7) is 4.92. The van der Waals surface area contributed by atoms with Crippen LogP contribution in [0.15, 0.2) is 78.9 Å². The van der Waals surface area contributed by atoms with Crippen molar-refractivity contribution in [2.75, 3.05) is 36.4 Å². The number of benzene rings is 3. The van der Waals surface area contributed by atoms with Gasteiger partial charge in [-0.25, -0.2) is 4.39 Å². The fourth-order valence-corrected chi connectivity index (χ4v) is 3.99. The number of hydrogen-bond donors (Lipinski definition) is 1. The molecule has 1 aliphatic rings. The highest BCUT2D eigenvalue weighted by molar-refractivity contribution is 6.00. The summed E-state index contributed by atoms with van der Waals surface area (Å²) in [5.74, 6) is -0.776. The molecule has 0 spiro atoms. The maximum Gasteiger partial charge on any atom is 0.224 e. The van der Waals surface area contributed by atoms with Crippen LogP contribution in [-0.2, 0) is 11.3 Å². The van der Waals surface area contributed by atoms with Gasteiger partial charge in [-0.15, -0.1) is 0 Å². The third-order valence-electron chi connectivity index (χ3n) is 5.88. The number of hydrogen-bond acceptors (Lipinski definition) is 4. The van der Waals surface area contributed by atoms with Crippen molar-refractivity contribution in [3.05, 3.63) is 95.8 Å². The predicted octanol–water partition coefficient (Wildman–Crippen LogP) is 4.75. The van der Waals surface area contributed by atoms with Crippen LogP contribution in [0.5, 0.6) is 0 Å². The minimum absolute atomic E-state index is 0.0847. The molecule has 6 heteroatoms. The van der Waals surface area contributed by atoms with Crippen LogP contribution < -0.4 is 10.2 Å². The summed E-state index contributed by atoms with van der Waals surface area (Å²) >= 11 is 0. The zero-order valence-electron chi connectivity index (χ0n) is 18.5. The third-order valence-corrected chi connectivity index (χ3v) is 5.88. The Labute approximate surface area is 193 Å². The van der Waals surface area contributed by atoms with E-state index in [0.29, 0.717) is 11.3 Å². The van der Waals surface area contributed by atoms with Crippen molar-refractivity contribution in [2.45, 2.75) is 19.4 Å². The monoisotopic (exact) mass is 445 g/mol. The molecule has 0 atom stereocenters. The van der Waals surface area contributed by atoms with Gasteiger partial charge in [0.1, 0.15) is 5.82 Å². The van der Waals surface area contributed by atoms with Crippen molar-refractivity contribution >= 4 is 23.1 Å². The van der Waals surface area contributed by atoms with Gasteiger partial charge in [-0.2, -0.15) is 0 Å². The lowest BCUT2D eigenvalue weighted by molar-refractivity contribution is -0.116. The number of anilines is 2. The Bertz CT molecular complexity index is 1060. The van der Waals surface area contributed by atoms with E-state index in [9.17, 15) is 14.0 Å². The van der Waals surface area contributed by atoms with Crippen LogP contribution in [0.25, 0.3) is 0 Å². The predicted molar refractivity (Wildman–Crippen MR) is 129 cm³/mol. The second-order valence-electron chi connectivity index (χ2n) is 8.27. The molecule has 1 heterocycles. The average molecular weight is 446 g/mol. The molecule has 4 rings (SSSR count). The fraction of sp³-hybridized carbons (Fsp3) is 0.259. The van der Waals surface area contributed by atoms with Crippen molar-refractivity contribution in [3.8, 4) is 0 Å². The first-order valence-electron chi connectivity index (χ1n) is 11.3. The van der Waals surface area contributed by atoms with Crippen LogP contribution >= 0.6 is 0 Å². The molecule has 0 aromatic heterocycles. The lowest BCUT2D eigenvalue weighted by Gasteiger charge is -2.36. The van der Waals surface area contributed by atoms with Gasteiger partial charge < -0.3 is 10.2 Å². The van der Waals surface area contributed by atoms with Gasteiger partial charge in [0.05, 0.1) is 0 Å². The SMILES string of the molecule is O=C(CCC(=O)c1ccc(F)cc1)Nc1ccc(N2CCN(Cc3ccccc3)CC2)cc1. The van der Waals surface area contributed by atoms with Crippen molar-refractivity contribution in [1.82, 2.24) is 4.90 Å². The number of amides is 1. The second kappa shape index (κ2) is 10.9. The topological polar surface area (TPSA) is 52.7 Å². The Balaban J connectivity index is 1.21. The van der Waals surface area contributed by atoms with Crippen LogP contribution in [0, 0.1) is 5.82 Å². The van der Waals surface area contributed by atoms with Gasteiger partial charge in [0, 0.05) is 62.5 Å². The maximum absolute atomic E-state index is 13.0. The van der Waals surface area contributed by atoms with E-state index in [1.807, 2.05) is 30.3 Å². The summed E-state index contributed by atoms with van der Waals surface area (Å²) in [6.07, 6.45) is 0.171. The first kappa shape index (κ1) is 22.7. The highest BCUT2D eigenvalue weighted by Gasteiger charge is 2.17. The highest BCUT2D eigenvalue weighted by Crippen LogP contribution is 2.20. The fourth-order valence-electron chi connectivity index (χ4n) is 3.99. The van der Waals surface area contributed by atoms with Gasteiger partial charge in [-0.3, -0.25) is 14.5 Å². The molecule has 1 fully saturated rings. The number of halogens is 1. The minimum Gasteiger partial charge on any atom is -0.369 e. The summed E-state index contributed by atoms with van der Waals surface area (Å²) in [6, 6.07) is 23.7. The molecule has 0 saturated carbocycles. The summed E-state index contributed by atoms with van der Waals surface area (Å²) < 4.78 is 13.0. The maximum atomic E-state index is 13.0. The van der Waals surface area contributed by atoms with E-state index in [1.54, 1.807) is 0 Å². The molecule has 0 bridgehead atoms. The molecular formula is C27H28FN3O2. The number of carbonyl (C=O) groups excluding carboxylic acids is 2. The largest absolute Gasteiger partial charge is 0.369 e. The molecule has 3 aromatic rings. The van der Waals surface area contributed by atoms with Crippen molar-refractivity contribution in [2.24, 2.45) is 0 Å². The van der Waals surface area contributed by atoms with E-state index in [0.717, 1.165) is 38.4 Å². The van der Waals surface area contributed by atoms with Crippen LogP contribution in [0.3, 0.4) is 0 Å². The molecule has 33 heavy (non-hydrogen) atoms. The molecular weight excluding hydrogens is 417 g/mol. The van der Waals surface area contributed by atoms with Gasteiger partial charge in [0.25, 0.3) is 0 Å². The summed E-state index contributed by atoms with van der Waals surface area (Å²) in [4.78, 5) is 29.2. The van der Waals surface area contributed by atoms with Crippen molar-refractivity contribution in [3.63, 3.8) is 0 Å².